The van der Waals surface area contributed by atoms with E-state index in [1.165, 1.54) is 0 Å². The lowest BCUT2D eigenvalue weighted by Gasteiger charge is -2.10. The molecule has 0 saturated heterocycles. The first-order valence-electron chi connectivity index (χ1n) is 5.38. The third-order valence-electron chi connectivity index (χ3n) is 2.74. The SMILES string of the molecule is CN(C)CC1=Cc2ccc(CN)cc2S1(=O)=O. The van der Waals surface area contributed by atoms with Crippen LogP contribution < -0.4 is 5.73 Å². The van der Waals surface area contributed by atoms with Crippen molar-refractivity contribution in [1.29, 1.82) is 0 Å². The summed E-state index contributed by atoms with van der Waals surface area (Å²) in [5, 5.41) is 0. The fraction of sp³-hybridized carbons (Fsp3) is 0.333. The van der Waals surface area contributed by atoms with Crippen molar-refractivity contribution in [2.24, 2.45) is 5.73 Å². The fourth-order valence-corrected chi connectivity index (χ4v) is 3.63. The number of hydrogen-bond acceptors (Lipinski definition) is 4. The van der Waals surface area contributed by atoms with E-state index in [-0.39, 0.29) is 0 Å². The summed E-state index contributed by atoms with van der Waals surface area (Å²) >= 11 is 0. The predicted octanol–water partition coefficient (Wildman–Crippen LogP) is 0.835. The molecule has 5 heteroatoms. The maximum absolute atomic E-state index is 12.3. The normalized spacial score (nSPS) is 17.1. The van der Waals surface area contributed by atoms with Gasteiger partial charge in [-0.25, -0.2) is 8.42 Å². The summed E-state index contributed by atoms with van der Waals surface area (Å²) in [4.78, 5) is 2.68. The molecular weight excluding hydrogens is 236 g/mol. The molecule has 17 heavy (non-hydrogen) atoms. The Bertz CT molecular complexity index is 574. The van der Waals surface area contributed by atoms with Gasteiger partial charge in [-0.05, 0) is 37.4 Å². The topological polar surface area (TPSA) is 63.4 Å². The molecule has 4 nitrogen and oxygen atoms in total. The summed E-state index contributed by atoms with van der Waals surface area (Å²) in [6.07, 6.45) is 1.74. The molecule has 0 fully saturated rings. The first-order chi connectivity index (χ1) is 7.95. The minimum atomic E-state index is -3.31. The van der Waals surface area contributed by atoms with E-state index >= 15 is 0 Å². The van der Waals surface area contributed by atoms with E-state index in [1.807, 2.05) is 31.1 Å². The van der Waals surface area contributed by atoms with Gasteiger partial charge >= 0.3 is 0 Å². The molecule has 0 aliphatic carbocycles. The van der Waals surface area contributed by atoms with E-state index in [0.29, 0.717) is 22.9 Å². The zero-order valence-electron chi connectivity index (χ0n) is 9.97. The monoisotopic (exact) mass is 252 g/mol. The van der Waals surface area contributed by atoms with Crippen molar-refractivity contribution >= 4 is 15.9 Å². The summed E-state index contributed by atoms with van der Waals surface area (Å²) in [5.74, 6) is 0. The minimum Gasteiger partial charge on any atom is -0.326 e. The standard InChI is InChI=1S/C12H16N2O2S/c1-14(2)8-11-6-10-4-3-9(7-13)5-12(10)17(11,15)16/h3-6H,7-8,13H2,1-2H3. The molecule has 0 amide bonds. The van der Waals surface area contributed by atoms with Crippen LogP contribution in [0, 0.1) is 0 Å². The van der Waals surface area contributed by atoms with Crippen LogP contribution in [0.1, 0.15) is 11.1 Å². The summed E-state index contributed by atoms with van der Waals surface area (Å²) in [6.45, 7) is 0.779. The van der Waals surface area contributed by atoms with E-state index in [1.54, 1.807) is 12.1 Å². The van der Waals surface area contributed by atoms with E-state index in [2.05, 4.69) is 0 Å². The quantitative estimate of drug-likeness (QED) is 0.865. The number of sulfone groups is 1. The zero-order valence-corrected chi connectivity index (χ0v) is 10.8. The molecule has 0 unspecified atom stereocenters. The molecular formula is C12H16N2O2S. The first kappa shape index (κ1) is 12.3. The summed E-state index contributed by atoms with van der Waals surface area (Å²) < 4.78 is 24.5. The van der Waals surface area contributed by atoms with E-state index in [4.69, 9.17) is 5.73 Å². The largest absolute Gasteiger partial charge is 0.326 e. The predicted molar refractivity (Wildman–Crippen MR) is 68.1 cm³/mol. The molecule has 1 aliphatic rings. The van der Waals surface area contributed by atoms with Gasteiger partial charge in [0.25, 0.3) is 0 Å². The highest BCUT2D eigenvalue weighted by Crippen LogP contribution is 2.33. The second-order valence-corrected chi connectivity index (χ2v) is 6.40. The van der Waals surface area contributed by atoms with Gasteiger partial charge in [-0.3, -0.25) is 0 Å². The highest BCUT2D eigenvalue weighted by Gasteiger charge is 2.29. The van der Waals surface area contributed by atoms with Crippen molar-refractivity contribution < 1.29 is 8.42 Å². The molecule has 0 spiro atoms. The van der Waals surface area contributed by atoms with Gasteiger partial charge in [-0.1, -0.05) is 12.1 Å². The van der Waals surface area contributed by atoms with Crippen LogP contribution in [-0.2, 0) is 16.4 Å². The van der Waals surface area contributed by atoms with Crippen LogP contribution in [-0.4, -0.2) is 34.0 Å². The second kappa shape index (κ2) is 4.25. The minimum absolute atomic E-state index is 0.353. The summed E-state index contributed by atoms with van der Waals surface area (Å²) in [7, 11) is 0.394. The molecule has 0 bridgehead atoms. The van der Waals surface area contributed by atoms with Gasteiger partial charge in [0.05, 0.1) is 9.80 Å². The number of nitrogens with zero attached hydrogens (tertiary/aromatic N) is 1. The molecule has 0 saturated carbocycles. The molecule has 2 rings (SSSR count). The highest BCUT2D eigenvalue weighted by atomic mass is 32.2. The van der Waals surface area contributed by atoms with Gasteiger partial charge < -0.3 is 10.6 Å². The number of likely N-dealkylation sites (N-methyl/N-ethyl adjacent to an activating group) is 1. The number of fused-ring (bicyclic) bond motifs is 1. The van der Waals surface area contributed by atoms with Crippen LogP contribution in [0.5, 0.6) is 0 Å². The average Bonchev–Trinajstić information content (AvgIpc) is 2.50. The lowest BCUT2D eigenvalue weighted by atomic mass is 10.1. The van der Waals surface area contributed by atoms with Crippen molar-refractivity contribution in [3.63, 3.8) is 0 Å². The van der Waals surface area contributed by atoms with Gasteiger partial charge in [-0.15, -0.1) is 0 Å². The number of benzene rings is 1. The van der Waals surface area contributed by atoms with Gasteiger partial charge in [0, 0.05) is 13.1 Å². The van der Waals surface area contributed by atoms with Gasteiger partial charge in [0.15, 0.2) is 0 Å². The molecule has 92 valence electrons. The Hall–Kier alpha value is -1.17. The smallest absolute Gasteiger partial charge is 0.204 e. The maximum Gasteiger partial charge on any atom is 0.204 e. The number of nitrogens with two attached hydrogens (primary N) is 1. The van der Waals surface area contributed by atoms with E-state index < -0.39 is 9.84 Å². The van der Waals surface area contributed by atoms with Gasteiger partial charge in [-0.2, -0.15) is 0 Å². The molecule has 1 aromatic carbocycles. The fourth-order valence-electron chi connectivity index (χ4n) is 1.89. The van der Waals surface area contributed by atoms with E-state index in [9.17, 15) is 8.42 Å². The van der Waals surface area contributed by atoms with Crippen molar-refractivity contribution in [3.8, 4) is 0 Å². The Morgan fingerprint density at radius 3 is 2.59 bits per heavy atom. The van der Waals surface area contributed by atoms with Crippen molar-refractivity contribution in [1.82, 2.24) is 4.90 Å². The molecule has 1 heterocycles. The van der Waals surface area contributed by atoms with Crippen LogP contribution in [0.3, 0.4) is 0 Å². The van der Waals surface area contributed by atoms with Crippen LogP contribution >= 0.6 is 0 Å². The van der Waals surface area contributed by atoms with Crippen molar-refractivity contribution in [2.75, 3.05) is 20.6 Å². The summed E-state index contributed by atoms with van der Waals surface area (Å²) in [6, 6.07) is 5.35. The van der Waals surface area contributed by atoms with Crippen molar-refractivity contribution in [3.05, 3.63) is 34.2 Å². The van der Waals surface area contributed by atoms with Crippen LogP contribution in [0.4, 0.5) is 0 Å². The molecule has 0 aromatic heterocycles. The molecule has 0 radical (unpaired) electrons. The lowest BCUT2D eigenvalue weighted by molar-refractivity contribution is 0.451. The second-order valence-electron chi connectivity index (χ2n) is 4.43. The first-order valence-corrected chi connectivity index (χ1v) is 6.87. The average molecular weight is 252 g/mol. The Morgan fingerprint density at radius 1 is 1.29 bits per heavy atom. The van der Waals surface area contributed by atoms with E-state index in [0.717, 1.165) is 11.1 Å². The molecule has 0 atom stereocenters. The van der Waals surface area contributed by atoms with Crippen LogP contribution in [0.25, 0.3) is 6.08 Å². The Kier molecular flexibility index (Phi) is 3.07. The third kappa shape index (κ3) is 2.13. The third-order valence-corrected chi connectivity index (χ3v) is 4.61. The number of rotatable bonds is 3. The lowest BCUT2D eigenvalue weighted by Crippen LogP contribution is -2.18. The van der Waals surface area contributed by atoms with Gasteiger partial charge in [0.2, 0.25) is 9.84 Å². The molecule has 2 N–H and O–H groups in total. The van der Waals surface area contributed by atoms with Crippen LogP contribution in [0.15, 0.2) is 28.0 Å². The maximum atomic E-state index is 12.3. The zero-order chi connectivity index (χ0) is 12.6. The highest BCUT2D eigenvalue weighted by molar-refractivity contribution is 7.95. The number of hydrogen-bond donors (Lipinski definition) is 1. The van der Waals surface area contributed by atoms with Crippen molar-refractivity contribution in [2.45, 2.75) is 11.4 Å². The van der Waals surface area contributed by atoms with Gasteiger partial charge in [0.1, 0.15) is 0 Å². The summed E-state index contributed by atoms with van der Waals surface area (Å²) in [5.41, 5.74) is 7.13. The Morgan fingerprint density at radius 2 is 2.00 bits per heavy atom. The molecule has 1 aliphatic heterocycles. The Labute approximate surface area is 102 Å². The Balaban J connectivity index is 2.48. The van der Waals surface area contributed by atoms with Crippen LogP contribution in [0.2, 0.25) is 0 Å². The molecule has 1 aromatic rings.